The van der Waals surface area contributed by atoms with Crippen molar-refractivity contribution in [2.45, 2.75) is 19.9 Å². The number of carboxylic acids is 1. The van der Waals surface area contributed by atoms with Gasteiger partial charge in [-0.15, -0.1) is 0 Å². The summed E-state index contributed by atoms with van der Waals surface area (Å²) in [6.45, 7) is 3.55. The number of nitrogens with two attached hydrogens (primary N) is 3. The minimum atomic E-state index is -2.62. The minimum absolute atomic E-state index is 0.0208. The van der Waals surface area contributed by atoms with Crippen molar-refractivity contribution in [3.63, 3.8) is 0 Å². The van der Waals surface area contributed by atoms with Crippen molar-refractivity contribution in [3.05, 3.63) is 0 Å². The summed E-state index contributed by atoms with van der Waals surface area (Å²) in [6.07, 6.45) is 0. The third-order valence-corrected chi connectivity index (χ3v) is 1.00. The maximum Gasteiger partial charge on any atom is 0.320 e. The van der Waals surface area contributed by atoms with Gasteiger partial charge in [0, 0.05) is 0 Å². The van der Waals surface area contributed by atoms with E-state index in [1.807, 2.05) is 0 Å². The number of rotatable bonds is 2. The molecule has 0 aromatic heterocycles. The molecule has 7 N–H and O–H groups in total. The Morgan fingerprint density at radius 1 is 1.06 bits per heavy atom. The van der Waals surface area contributed by atoms with E-state index in [2.05, 4.69) is 10.3 Å². The first-order valence-electron chi connectivity index (χ1n) is 3.78. The van der Waals surface area contributed by atoms with Gasteiger partial charge in [0.1, 0.15) is 6.04 Å². The van der Waals surface area contributed by atoms with Crippen LogP contribution in [0.15, 0.2) is 0 Å². The molecular weight excluding hydrogens is 262 g/mol. The number of thiol groups is 2. The fraction of sp³-hybridized carbons (Fsp3) is 0.800. The molecule has 100 valence electrons. The first-order chi connectivity index (χ1) is 7.02. The average molecular weight is 279 g/mol. The Labute approximate surface area is 96.8 Å². The van der Waals surface area contributed by atoms with Crippen molar-refractivity contribution in [3.8, 4) is 0 Å². The zero-order valence-electron chi connectivity index (χ0n) is 8.77. The van der Waals surface area contributed by atoms with Gasteiger partial charge in [-0.3, -0.25) is 4.79 Å². The maximum atomic E-state index is 10.0. The summed E-state index contributed by atoms with van der Waals surface area (Å²) in [5.74, 6) is -0.910. The maximum absolute atomic E-state index is 10.0. The number of aliphatic carboxylic acids is 1. The quantitative estimate of drug-likeness (QED) is 0.291. The highest BCUT2D eigenvalue weighted by Gasteiger charge is 2.14. The molecule has 0 aliphatic rings. The predicted octanol–water partition coefficient (Wildman–Crippen LogP) is -3.00. The van der Waals surface area contributed by atoms with Crippen LogP contribution in [0.4, 0.5) is 0 Å². The Morgan fingerprint density at radius 3 is 1.25 bits per heavy atom. The van der Waals surface area contributed by atoms with Gasteiger partial charge in [-0.25, -0.2) is 27.1 Å². The van der Waals surface area contributed by atoms with Crippen LogP contribution >= 0.6 is 0 Å². The zero-order valence-corrected chi connectivity index (χ0v) is 10.6. The summed E-state index contributed by atoms with van der Waals surface area (Å²) >= 11 is 0. The Bertz CT molecular complexity index is 288. The van der Waals surface area contributed by atoms with Crippen molar-refractivity contribution in [1.82, 2.24) is 0 Å². The monoisotopic (exact) mass is 279 g/mol. The lowest BCUT2D eigenvalue weighted by molar-refractivity contribution is -0.139. The third-order valence-electron chi connectivity index (χ3n) is 1.00. The molecule has 0 rings (SSSR count). The highest BCUT2D eigenvalue weighted by atomic mass is 32.2. The van der Waals surface area contributed by atoms with E-state index in [1.54, 1.807) is 13.8 Å². The SMILES string of the molecule is CC(C)[C@H](N)C(=O)O.N[SH](=O)=O.N[SH](=O)=O. The number of carboxylic acid groups (broad SMARTS) is 1. The number of hydrogen-bond acceptors (Lipinski definition) is 6. The average Bonchev–Trinajstić information content (AvgIpc) is 2.00. The zero-order chi connectivity index (χ0) is 13.9. The van der Waals surface area contributed by atoms with E-state index in [0.717, 1.165) is 0 Å². The van der Waals surface area contributed by atoms with Crippen LogP contribution < -0.4 is 16.0 Å². The van der Waals surface area contributed by atoms with Gasteiger partial charge in [-0.2, -0.15) is 0 Å². The van der Waals surface area contributed by atoms with Crippen LogP contribution in [0.3, 0.4) is 0 Å². The van der Waals surface area contributed by atoms with E-state index < -0.39 is 33.8 Å². The number of hydrogen-bond donors (Lipinski definition) is 6. The van der Waals surface area contributed by atoms with E-state index >= 15 is 0 Å². The molecule has 0 spiro atoms. The van der Waals surface area contributed by atoms with E-state index in [0.29, 0.717) is 0 Å². The first-order valence-corrected chi connectivity index (χ1v) is 6.28. The van der Waals surface area contributed by atoms with Crippen LogP contribution in [0.25, 0.3) is 0 Å². The fourth-order valence-corrected chi connectivity index (χ4v) is 0.285. The van der Waals surface area contributed by atoms with Gasteiger partial charge >= 0.3 is 5.97 Å². The van der Waals surface area contributed by atoms with Crippen LogP contribution in [0.2, 0.25) is 0 Å². The summed E-state index contributed by atoms with van der Waals surface area (Å²) in [6, 6.07) is -0.713. The van der Waals surface area contributed by atoms with Crippen molar-refractivity contribution >= 4 is 27.7 Å². The van der Waals surface area contributed by atoms with Gasteiger partial charge in [-0.05, 0) is 5.92 Å². The van der Waals surface area contributed by atoms with E-state index in [9.17, 15) is 4.79 Å². The van der Waals surface area contributed by atoms with E-state index in [1.165, 1.54) is 0 Å². The topological polar surface area (TPSA) is 184 Å². The van der Waals surface area contributed by atoms with Crippen molar-refractivity contribution in [1.29, 1.82) is 0 Å². The van der Waals surface area contributed by atoms with Gasteiger partial charge in [-0.1, -0.05) is 13.8 Å². The summed E-state index contributed by atoms with van der Waals surface area (Å²) in [4.78, 5) is 10.0. The smallest absolute Gasteiger partial charge is 0.320 e. The molecule has 9 nitrogen and oxygen atoms in total. The molecule has 0 saturated heterocycles. The van der Waals surface area contributed by atoms with E-state index in [4.69, 9.17) is 27.7 Å². The lowest BCUT2D eigenvalue weighted by Crippen LogP contribution is -2.34. The largest absolute Gasteiger partial charge is 0.480 e. The third kappa shape index (κ3) is 37.8. The molecule has 0 bridgehead atoms. The Kier molecular flexibility index (Phi) is 15.9. The normalized spacial score (nSPS) is 11.2. The lowest BCUT2D eigenvalue weighted by Gasteiger charge is -2.07. The van der Waals surface area contributed by atoms with Crippen LogP contribution in [0.1, 0.15) is 13.8 Å². The summed E-state index contributed by atoms with van der Waals surface area (Å²) < 4.78 is 35.3. The van der Waals surface area contributed by atoms with Crippen molar-refractivity contribution < 1.29 is 26.7 Å². The second-order valence-electron chi connectivity index (χ2n) is 2.68. The molecule has 0 saturated carbocycles. The molecule has 0 unspecified atom stereocenters. The molecule has 1 atom stereocenters. The molecule has 0 aromatic rings. The molecule has 0 fully saturated rings. The second kappa shape index (κ2) is 12.3. The summed E-state index contributed by atoms with van der Waals surface area (Å²) in [5, 5.41) is 16.4. The molecule has 0 amide bonds. The number of carbonyl (C=O) groups is 1. The molecule has 0 aliphatic carbocycles. The van der Waals surface area contributed by atoms with Gasteiger partial charge in [0.15, 0.2) is 21.8 Å². The highest BCUT2D eigenvalue weighted by Crippen LogP contribution is 1.96. The standard InChI is InChI=1S/C5H11NO2.2H3NO2S/c1-3(2)4(6)5(7)8;2*1-4(2)3/h3-4H,6H2,1-2H3,(H,7,8);2*4H,(H2,1,2,3)/t4-;;/m0../s1. The molecule has 11 heteroatoms. The summed E-state index contributed by atoms with van der Waals surface area (Å²) in [7, 11) is -5.24. The Balaban J connectivity index is -0.000000179. The van der Waals surface area contributed by atoms with Crippen molar-refractivity contribution in [2.75, 3.05) is 0 Å². The van der Waals surface area contributed by atoms with Crippen LogP contribution in [-0.2, 0) is 26.6 Å². The minimum Gasteiger partial charge on any atom is -0.480 e. The van der Waals surface area contributed by atoms with E-state index in [-0.39, 0.29) is 5.92 Å². The van der Waals surface area contributed by atoms with Gasteiger partial charge in [0.2, 0.25) is 0 Å². The fourth-order valence-electron chi connectivity index (χ4n) is 0.285. The molecule has 0 aromatic carbocycles. The molecule has 16 heavy (non-hydrogen) atoms. The first kappa shape index (κ1) is 20.6. The highest BCUT2D eigenvalue weighted by molar-refractivity contribution is 7.70. The van der Waals surface area contributed by atoms with Crippen LogP contribution in [0, 0.1) is 5.92 Å². The van der Waals surface area contributed by atoms with Crippen LogP contribution in [0.5, 0.6) is 0 Å². The lowest BCUT2D eigenvalue weighted by atomic mass is 10.1. The van der Waals surface area contributed by atoms with Crippen LogP contribution in [-0.4, -0.2) is 34.0 Å². The predicted molar refractivity (Wildman–Crippen MR) is 59.5 cm³/mol. The Hall–Kier alpha value is -0.750. The van der Waals surface area contributed by atoms with Gasteiger partial charge in [0.25, 0.3) is 0 Å². The van der Waals surface area contributed by atoms with Gasteiger partial charge < -0.3 is 10.8 Å². The van der Waals surface area contributed by atoms with Crippen molar-refractivity contribution in [2.24, 2.45) is 21.9 Å². The molecule has 0 aliphatic heterocycles. The Morgan fingerprint density at radius 2 is 1.25 bits per heavy atom. The second-order valence-corrected chi connectivity index (χ2v) is 3.82. The summed E-state index contributed by atoms with van der Waals surface area (Å²) in [5.41, 5.74) is 5.16. The van der Waals surface area contributed by atoms with Gasteiger partial charge in [0.05, 0.1) is 0 Å². The molecular formula is C5H17N3O6S2. The molecule has 0 radical (unpaired) electrons. The molecule has 0 heterocycles.